The molecule has 0 radical (unpaired) electrons. The fourth-order valence-electron chi connectivity index (χ4n) is 4.45. The Labute approximate surface area is 193 Å². The monoisotopic (exact) mass is 462 g/mol. The highest BCUT2D eigenvalue weighted by Crippen LogP contribution is 2.50. The van der Waals surface area contributed by atoms with E-state index in [1.807, 2.05) is 18.2 Å². The molecule has 166 valence electrons. The number of rotatable bonds is 5. The van der Waals surface area contributed by atoms with Gasteiger partial charge in [0.1, 0.15) is 11.0 Å². The summed E-state index contributed by atoms with van der Waals surface area (Å²) in [6.07, 6.45) is 4.22. The second-order valence-corrected chi connectivity index (χ2v) is 8.39. The van der Waals surface area contributed by atoms with E-state index in [4.69, 9.17) is 21.1 Å². The molecule has 3 aromatic heterocycles. The number of benzene rings is 1. The summed E-state index contributed by atoms with van der Waals surface area (Å²) >= 11 is 6.35. The van der Waals surface area contributed by atoms with Crippen LogP contribution in [0.15, 0.2) is 36.7 Å². The number of hydrogen-bond donors (Lipinski definition) is 3. The number of nitrogens with zero attached hydrogens (tertiary/aromatic N) is 3. The van der Waals surface area contributed by atoms with E-state index in [0.29, 0.717) is 38.7 Å². The molecule has 1 aromatic carbocycles. The number of ether oxygens (including phenoxy) is 2. The Morgan fingerprint density at radius 1 is 1.18 bits per heavy atom. The number of fused-ring (bicyclic) bond motifs is 4. The van der Waals surface area contributed by atoms with Crippen molar-refractivity contribution in [2.75, 3.05) is 19.5 Å². The maximum atomic E-state index is 13.1. The van der Waals surface area contributed by atoms with Crippen LogP contribution in [0.1, 0.15) is 28.4 Å². The number of aromatic amines is 1. The van der Waals surface area contributed by atoms with Crippen molar-refractivity contribution >= 4 is 39.9 Å². The van der Waals surface area contributed by atoms with Crippen molar-refractivity contribution < 1.29 is 14.3 Å². The molecular weight excluding hydrogens is 444 g/mol. The van der Waals surface area contributed by atoms with E-state index in [9.17, 15) is 4.79 Å². The second-order valence-electron chi connectivity index (χ2n) is 7.98. The fraction of sp³-hybridized carbons (Fsp3) is 0.217. The van der Waals surface area contributed by atoms with Gasteiger partial charge in [-0.2, -0.15) is 4.98 Å². The number of hydrogen-bond acceptors (Lipinski definition) is 7. The molecule has 1 amide bonds. The number of anilines is 2. The fourth-order valence-corrected chi connectivity index (χ4v) is 4.70. The van der Waals surface area contributed by atoms with Crippen LogP contribution in [0.5, 0.6) is 11.8 Å². The van der Waals surface area contributed by atoms with E-state index in [0.717, 1.165) is 23.4 Å². The Bertz CT molecular complexity index is 1440. The number of carbonyl (C=O) groups is 1. The first-order chi connectivity index (χ1) is 16.1. The number of halogens is 1. The molecule has 2 atom stereocenters. The minimum Gasteiger partial charge on any atom is -0.493 e. The number of aromatic nitrogens is 4. The summed E-state index contributed by atoms with van der Waals surface area (Å²) in [5.41, 5.74) is 5.46. The quantitative estimate of drug-likeness (QED) is 0.410. The van der Waals surface area contributed by atoms with Crippen molar-refractivity contribution in [3.63, 3.8) is 0 Å². The number of carbonyl (C=O) groups excluding carboxylic acids is 1. The lowest BCUT2D eigenvalue weighted by Gasteiger charge is -2.17. The number of para-hydroxylation sites is 1. The Balaban J connectivity index is 1.60. The molecule has 1 aliphatic carbocycles. The molecule has 33 heavy (non-hydrogen) atoms. The standard InChI is InChI=1S/C23H19ClN6O3/c1-32-21-12(24)4-3-5-13(21)27-20-16-18(11-8-14(11)28-22(16)31)29-19(20)10-6-7-25-15-9-26-23(33-2)30-17(10)15/h3-7,9,11,14,27,29H,8H2,1-2H3,(H,28,31)/t11-,14+/m1/s1. The Morgan fingerprint density at radius 2 is 2.06 bits per heavy atom. The molecule has 2 aliphatic rings. The Morgan fingerprint density at radius 3 is 2.88 bits per heavy atom. The summed E-state index contributed by atoms with van der Waals surface area (Å²) in [6.45, 7) is 0. The molecule has 3 N–H and O–H groups in total. The smallest absolute Gasteiger partial charge is 0.316 e. The van der Waals surface area contributed by atoms with Crippen molar-refractivity contribution in [1.82, 2.24) is 25.3 Å². The molecule has 4 aromatic rings. The van der Waals surface area contributed by atoms with Crippen LogP contribution in [0.3, 0.4) is 0 Å². The average Bonchev–Trinajstić information content (AvgIpc) is 3.50. The van der Waals surface area contributed by atoms with Gasteiger partial charge in [-0.1, -0.05) is 17.7 Å². The normalized spacial score (nSPS) is 18.3. The van der Waals surface area contributed by atoms with Gasteiger partial charge in [-0.25, -0.2) is 4.98 Å². The number of methoxy groups -OCH3 is 2. The van der Waals surface area contributed by atoms with Crippen molar-refractivity contribution in [3.05, 3.63) is 52.9 Å². The van der Waals surface area contributed by atoms with E-state index >= 15 is 0 Å². The number of H-pyrrole nitrogens is 1. The highest BCUT2D eigenvalue weighted by Gasteiger charge is 2.48. The van der Waals surface area contributed by atoms with Gasteiger partial charge < -0.3 is 25.1 Å². The number of nitrogens with one attached hydrogen (secondary N) is 3. The van der Waals surface area contributed by atoms with Crippen LogP contribution >= 0.6 is 11.6 Å². The molecule has 4 heterocycles. The van der Waals surface area contributed by atoms with Gasteiger partial charge in [-0.05, 0) is 24.6 Å². The molecule has 0 unspecified atom stereocenters. The predicted molar refractivity (Wildman–Crippen MR) is 124 cm³/mol. The van der Waals surface area contributed by atoms with Crippen molar-refractivity contribution in [1.29, 1.82) is 0 Å². The summed E-state index contributed by atoms with van der Waals surface area (Å²) in [5.74, 6) is 0.620. The molecule has 6 rings (SSSR count). The highest BCUT2D eigenvalue weighted by atomic mass is 35.5. The van der Waals surface area contributed by atoms with Crippen molar-refractivity contribution in [2.24, 2.45) is 0 Å². The third kappa shape index (κ3) is 3.07. The van der Waals surface area contributed by atoms with E-state index in [2.05, 4.69) is 30.6 Å². The van der Waals surface area contributed by atoms with Gasteiger partial charge in [-0.3, -0.25) is 9.78 Å². The molecule has 0 spiro atoms. The zero-order chi connectivity index (χ0) is 22.7. The minimum atomic E-state index is -0.125. The lowest BCUT2D eigenvalue weighted by atomic mass is 10.0. The summed E-state index contributed by atoms with van der Waals surface area (Å²) in [4.78, 5) is 29.7. The first-order valence-corrected chi connectivity index (χ1v) is 10.8. The van der Waals surface area contributed by atoms with Gasteiger partial charge in [-0.15, -0.1) is 0 Å². The van der Waals surface area contributed by atoms with Gasteiger partial charge in [0, 0.05) is 29.4 Å². The Hall–Kier alpha value is -3.85. The third-order valence-corrected chi connectivity index (χ3v) is 6.37. The Kier molecular flexibility index (Phi) is 4.41. The lowest BCUT2D eigenvalue weighted by Crippen LogP contribution is -2.31. The summed E-state index contributed by atoms with van der Waals surface area (Å²) in [7, 11) is 3.07. The minimum absolute atomic E-state index is 0.125. The molecule has 10 heteroatoms. The summed E-state index contributed by atoms with van der Waals surface area (Å²) in [6, 6.07) is 7.68. The van der Waals surface area contributed by atoms with Gasteiger partial charge in [0.15, 0.2) is 5.75 Å². The topological polar surface area (TPSA) is 114 Å². The highest BCUT2D eigenvalue weighted by molar-refractivity contribution is 6.32. The van der Waals surface area contributed by atoms with E-state index in [-0.39, 0.29) is 23.9 Å². The largest absolute Gasteiger partial charge is 0.493 e. The number of pyridine rings is 1. The maximum Gasteiger partial charge on any atom is 0.316 e. The molecular formula is C23H19ClN6O3. The summed E-state index contributed by atoms with van der Waals surface area (Å²) < 4.78 is 10.8. The van der Waals surface area contributed by atoms with E-state index in [1.54, 1.807) is 25.6 Å². The van der Waals surface area contributed by atoms with Crippen LogP contribution in [0.4, 0.5) is 11.4 Å². The number of amides is 1. The zero-order valence-corrected chi connectivity index (χ0v) is 18.5. The van der Waals surface area contributed by atoms with Crippen molar-refractivity contribution in [3.8, 4) is 23.0 Å². The van der Waals surface area contributed by atoms with Crippen LogP contribution in [0.2, 0.25) is 5.02 Å². The van der Waals surface area contributed by atoms with Crippen LogP contribution < -0.4 is 20.1 Å². The third-order valence-electron chi connectivity index (χ3n) is 6.07. The first-order valence-electron chi connectivity index (χ1n) is 10.4. The second kappa shape index (κ2) is 7.35. The summed E-state index contributed by atoms with van der Waals surface area (Å²) in [5, 5.41) is 6.95. The van der Waals surface area contributed by atoms with Gasteiger partial charge in [0.25, 0.3) is 5.91 Å². The van der Waals surface area contributed by atoms with Crippen LogP contribution in [0.25, 0.3) is 22.3 Å². The van der Waals surface area contributed by atoms with E-state index in [1.165, 1.54) is 7.11 Å². The maximum absolute atomic E-state index is 13.1. The molecule has 9 nitrogen and oxygen atoms in total. The van der Waals surface area contributed by atoms with Gasteiger partial charge >= 0.3 is 6.01 Å². The van der Waals surface area contributed by atoms with Gasteiger partial charge in [0.05, 0.1) is 48.1 Å². The SMILES string of the molecule is COc1ncc2nccc(-c3[nH]c4c(c3Nc3cccc(Cl)c3OC)C(=O)N[C@H]3C[C@@H]43)c2n1. The predicted octanol–water partition coefficient (Wildman–Crippen LogP) is 4.03. The lowest BCUT2D eigenvalue weighted by molar-refractivity contribution is 0.0944. The molecule has 1 saturated carbocycles. The van der Waals surface area contributed by atoms with Gasteiger partial charge in [0.2, 0.25) is 0 Å². The average molecular weight is 463 g/mol. The van der Waals surface area contributed by atoms with Crippen molar-refractivity contribution in [2.45, 2.75) is 18.4 Å². The van der Waals surface area contributed by atoms with Crippen LogP contribution in [0, 0.1) is 0 Å². The molecule has 0 saturated heterocycles. The van der Waals surface area contributed by atoms with Crippen LogP contribution in [-0.4, -0.2) is 46.1 Å². The molecule has 0 bridgehead atoms. The molecule has 1 aliphatic heterocycles. The zero-order valence-electron chi connectivity index (χ0n) is 17.8. The van der Waals surface area contributed by atoms with Crippen LogP contribution in [-0.2, 0) is 0 Å². The molecule has 1 fully saturated rings. The first kappa shape index (κ1) is 19.8. The van der Waals surface area contributed by atoms with E-state index < -0.39 is 0 Å².